The lowest BCUT2D eigenvalue weighted by atomic mass is 10.1. The lowest BCUT2D eigenvalue weighted by Gasteiger charge is -2.15. The summed E-state index contributed by atoms with van der Waals surface area (Å²) in [5, 5.41) is 16.4. The zero-order chi connectivity index (χ0) is 16.6. The SMILES string of the molecule is C=C(Nc1cn(C)nc1N1CCC(C#N)C1=O)c1coc(C)n1. The maximum absolute atomic E-state index is 12.2. The van der Waals surface area contributed by atoms with E-state index in [0.29, 0.717) is 41.8 Å². The monoisotopic (exact) mass is 312 g/mol. The van der Waals surface area contributed by atoms with E-state index in [-0.39, 0.29) is 5.91 Å². The van der Waals surface area contributed by atoms with Gasteiger partial charge in [-0.25, -0.2) is 4.98 Å². The Morgan fingerprint density at radius 1 is 1.61 bits per heavy atom. The van der Waals surface area contributed by atoms with E-state index in [0.717, 1.165) is 0 Å². The highest BCUT2D eigenvalue weighted by molar-refractivity contribution is 6.00. The fourth-order valence-electron chi connectivity index (χ4n) is 2.50. The number of nitrogens with zero attached hydrogens (tertiary/aromatic N) is 5. The number of amides is 1. The summed E-state index contributed by atoms with van der Waals surface area (Å²) in [6.07, 6.45) is 3.77. The number of hydrogen-bond donors (Lipinski definition) is 1. The topological polar surface area (TPSA) is 100.0 Å². The van der Waals surface area contributed by atoms with Gasteiger partial charge in [-0.1, -0.05) is 6.58 Å². The Kier molecular flexibility index (Phi) is 3.62. The van der Waals surface area contributed by atoms with Gasteiger partial charge in [0.15, 0.2) is 11.7 Å². The number of carbonyl (C=O) groups excluding carboxylic acids is 1. The van der Waals surface area contributed by atoms with E-state index in [1.807, 2.05) is 6.07 Å². The summed E-state index contributed by atoms with van der Waals surface area (Å²) in [5.74, 6) is 0.195. The first-order chi connectivity index (χ1) is 11.0. The first-order valence-corrected chi connectivity index (χ1v) is 7.12. The van der Waals surface area contributed by atoms with Crippen molar-refractivity contribution in [3.8, 4) is 6.07 Å². The number of nitrogens with one attached hydrogen (secondary N) is 1. The largest absolute Gasteiger partial charge is 0.449 e. The van der Waals surface area contributed by atoms with Crippen LogP contribution in [0.5, 0.6) is 0 Å². The molecule has 1 atom stereocenters. The molecule has 1 saturated heterocycles. The molecule has 0 spiro atoms. The van der Waals surface area contributed by atoms with E-state index in [2.05, 4.69) is 22.0 Å². The van der Waals surface area contributed by atoms with E-state index < -0.39 is 5.92 Å². The Morgan fingerprint density at radius 3 is 3.00 bits per heavy atom. The van der Waals surface area contributed by atoms with Crippen LogP contribution in [0.15, 0.2) is 23.5 Å². The van der Waals surface area contributed by atoms with E-state index >= 15 is 0 Å². The van der Waals surface area contributed by atoms with Gasteiger partial charge < -0.3 is 9.73 Å². The third-order valence-corrected chi connectivity index (χ3v) is 3.64. The molecule has 23 heavy (non-hydrogen) atoms. The fraction of sp³-hybridized carbons (Fsp3) is 0.333. The maximum atomic E-state index is 12.2. The molecule has 1 N–H and O–H groups in total. The van der Waals surface area contributed by atoms with Gasteiger partial charge in [0.2, 0.25) is 5.91 Å². The van der Waals surface area contributed by atoms with Crippen LogP contribution in [0, 0.1) is 24.2 Å². The predicted molar refractivity (Wildman–Crippen MR) is 83.2 cm³/mol. The highest BCUT2D eigenvalue weighted by Crippen LogP contribution is 2.31. The van der Waals surface area contributed by atoms with Crippen molar-refractivity contribution in [2.75, 3.05) is 16.8 Å². The van der Waals surface area contributed by atoms with Gasteiger partial charge in [0.25, 0.3) is 0 Å². The highest BCUT2D eigenvalue weighted by atomic mass is 16.3. The van der Waals surface area contributed by atoms with Crippen molar-refractivity contribution in [3.63, 3.8) is 0 Å². The molecule has 1 unspecified atom stereocenters. The van der Waals surface area contributed by atoms with Crippen LogP contribution < -0.4 is 10.2 Å². The van der Waals surface area contributed by atoms with Crippen LogP contribution in [0.2, 0.25) is 0 Å². The van der Waals surface area contributed by atoms with Crippen molar-refractivity contribution in [3.05, 3.63) is 30.6 Å². The zero-order valence-corrected chi connectivity index (χ0v) is 12.9. The second kappa shape index (κ2) is 5.61. The summed E-state index contributed by atoms with van der Waals surface area (Å²) in [5.41, 5.74) is 1.75. The van der Waals surface area contributed by atoms with Gasteiger partial charge in [-0.15, -0.1) is 0 Å². The average Bonchev–Trinajstić information content (AvgIpc) is 3.18. The van der Waals surface area contributed by atoms with Crippen molar-refractivity contribution in [2.24, 2.45) is 13.0 Å². The highest BCUT2D eigenvalue weighted by Gasteiger charge is 2.35. The summed E-state index contributed by atoms with van der Waals surface area (Å²) in [6, 6.07) is 2.02. The van der Waals surface area contributed by atoms with Crippen LogP contribution in [0.1, 0.15) is 18.0 Å². The molecule has 2 aromatic rings. The van der Waals surface area contributed by atoms with Crippen molar-refractivity contribution in [2.45, 2.75) is 13.3 Å². The van der Waals surface area contributed by atoms with E-state index in [9.17, 15) is 4.79 Å². The number of nitriles is 1. The molecular weight excluding hydrogens is 296 g/mol. The lowest BCUT2D eigenvalue weighted by molar-refractivity contribution is -0.119. The van der Waals surface area contributed by atoms with Crippen LogP contribution >= 0.6 is 0 Å². The number of rotatable bonds is 4. The van der Waals surface area contributed by atoms with Gasteiger partial charge in [0.1, 0.15) is 23.6 Å². The number of aromatic nitrogens is 3. The van der Waals surface area contributed by atoms with Crippen LogP contribution in [0.25, 0.3) is 5.70 Å². The molecule has 8 nitrogen and oxygen atoms in total. The van der Waals surface area contributed by atoms with Gasteiger partial charge in [0, 0.05) is 20.5 Å². The molecule has 1 fully saturated rings. The summed E-state index contributed by atoms with van der Waals surface area (Å²) in [6.45, 7) is 6.15. The molecular formula is C15H16N6O2. The second-order valence-corrected chi connectivity index (χ2v) is 5.36. The molecule has 1 aliphatic rings. The van der Waals surface area contributed by atoms with Crippen LogP contribution in [-0.2, 0) is 11.8 Å². The van der Waals surface area contributed by atoms with E-state index in [4.69, 9.17) is 9.68 Å². The number of hydrogen-bond acceptors (Lipinski definition) is 6. The first-order valence-electron chi connectivity index (χ1n) is 7.12. The van der Waals surface area contributed by atoms with Crippen LogP contribution in [-0.4, -0.2) is 27.2 Å². The van der Waals surface area contributed by atoms with Crippen LogP contribution in [0.4, 0.5) is 11.5 Å². The number of anilines is 2. The Morgan fingerprint density at radius 2 is 2.39 bits per heavy atom. The Bertz CT molecular complexity index is 812. The maximum Gasteiger partial charge on any atom is 0.245 e. The first kappa shape index (κ1) is 14.8. The van der Waals surface area contributed by atoms with Crippen molar-refractivity contribution < 1.29 is 9.21 Å². The molecule has 0 radical (unpaired) electrons. The van der Waals surface area contributed by atoms with Crippen molar-refractivity contribution in [1.82, 2.24) is 14.8 Å². The van der Waals surface area contributed by atoms with Crippen molar-refractivity contribution >= 4 is 23.1 Å². The quantitative estimate of drug-likeness (QED) is 0.922. The van der Waals surface area contributed by atoms with E-state index in [1.165, 1.54) is 11.2 Å². The van der Waals surface area contributed by atoms with Gasteiger partial charge in [-0.3, -0.25) is 14.4 Å². The summed E-state index contributed by atoms with van der Waals surface area (Å²) >= 11 is 0. The number of oxazole rings is 1. The standard InChI is InChI=1S/C15H16N6O2/c1-9(13-8-23-10(2)18-13)17-12-7-20(3)19-14(12)21-5-4-11(6-16)15(21)22/h7-8,11,17H,1,4-5H2,2-3H3. The summed E-state index contributed by atoms with van der Waals surface area (Å²) in [4.78, 5) is 18.0. The second-order valence-electron chi connectivity index (χ2n) is 5.36. The molecule has 3 rings (SSSR count). The smallest absolute Gasteiger partial charge is 0.245 e. The predicted octanol–water partition coefficient (Wildman–Crippen LogP) is 1.68. The molecule has 8 heteroatoms. The van der Waals surface area contributed by atoms with Crippen LogP contribution in [0.3, 0.4) is 0 Å². The van der Waals surface area contributed by atoms with Gasteiger partial charge in [-0.05, 0) is 6.42 Å². The molecule has 0 saturated carbocycles. The van der Waals surface area contributed by atoms with Gasteiger partial charge >= 0.3 is 0 Å². The molecule has 118 valence electrons. The molecule has 3 heterocycles. The normalized spacial score (nSPS) is 17.3. The lowest BCUT2D eigenvalue weighted by Crippen LogP contribution is -2.27. The Balaban J connectivity index is 1.86. The summed E-state index contributed by atoms with van der Waals surface area (Å²) in [7, 11) is 1.76. The molecule has 0 aromatic carbocycles. The Hall–Kier alpha value is -3.08. The molecule has 1 amide bonds. The third kappa shape index (κ3) is 2.68. The van der Waals surface area contributed by atoms with Gasteiger partial charge in [-0.2, -0.15) is 10.4 Å². The third-order valence-electron chi connectivity index (χ3n) is 3.64. The summed E-state index contributed by atoms with van der Waals surface area (Å²) < 4.78 is 6.77. The minimum atomic E-state index is -0.605. The fourth-order valence-corrected chi connectivity index (χ4v) is 2.50. The Labute approximate surface area is 133 Å². The number of carbonyl (C=O) groups is 1. The van der Waals surface area contributed by atoms with Crippen molar-refractivity contribution in [1.29, 1.82) is 5.26 Å². The minimum absolute atomic E-state index is 0.225. The molecule has 0 bridgehead atoms. The average molecular weight is 312 g/mol. The zero-order valence-electron chi connectivity index (χ0n) is 12.9. The number of aryl methyl sites for hydroxylation is 2. The molecule has 1 aliphatic heterocycles. The molecule has 2 aromatic heterocycles. The van der Waals surface area contributed by atoms with E-state index in [1.54, 1.807) is 24.9 Å². The molecule has 0 aliphatic carbocycles. The van der Waals surface area contributed by atoms with Gasteiger partial charge in [0.05, 0.1) is 18.0 Å². The minimum Gasteiger partial charge on any atom is -0.449 e.